The van der Waals surface area contributed by atoms with Crippen molar-refractivity contribution in [2.75, 3.05) is 19.6 Å². The van der Waals surface area contributed by atoms with Gasteiger partial charge in [-0.1, -0.05) is 12.8 Å². The third-order valence-electron chi connectivity index (χ3n) is 4.30. The predicted molar refractivity (Wildman–Crippen MR) is 73.8 cm³/mol. The second-order valence-corrected chi connectivity index (χ2v) is 5.63. The van der Waals surface area contributed by atoms with Crippen LogP contribution in [0, 0.1) is 5.92 Å². The molecule has 2 aliphatic rings. The highest BCUT2D eigenvalue weighted by Crippen LogP contribution is 2.34. The van der Waals surface area contributed by atoms with Crippen molar-refractivity contribution in [1.29, 1.82) is 0 Å². The number of piperidine rings is 1. The maximum atomic E-state index is 11.9. The largest absolute Gasteiger partial charge is 0.338 e. The monoisotopic (exact) mass is 267 g/mol. The van der Waals surface area contributed by atoms with Crippen LogP contribution in [0.3, 0.4) is 0 Å². The summed E-state index contributed by atoms with van der Waals surface area (Å²) in [5, 5.41) is 4.97. The van der Waals surface area contributed by atoms with Gasteiger partial charge in [0.15, 0.2) is 0 Å². The average Bonchev–Trinajstić information content (AvgIpc) is 2.39. The van der Waals surface area contributed by atoms with Crippen LogP contribution in [0.15, 0.2) is 0 Å². The SMILES string of the molecule is CCNC(=O)NC(=O)CN1CCC[C@H]2CCCC[C@H]21. The second-order valence-electron chi connectivity index (χ2n) is 5.63. The van der Waals surface area contributed by atoms with E-state index in [1.807, 2.05) is 6.92 Å². The van der Waals surface area contributed by atoms with Crippen molar-refractivity contribution < 1.29 is 9.59 Å². The van der Waals surface area contributed by atoms with E-state index in [4.69, 9.17) is 0 Å². The summed E-state index contributed by atoms with van der Waals surface area (Å²) in [6.45, 7) is 3.72. The molecule has 2 N–H and O–H groups in total. The first kappa shape index (κ1) is 14.3. The number of carbonyl (C=O) groups excluding carboxylic acids is 2. The molecule has 2 rings (SSSR count). The summed E-state index contributed by atoms with van der Waals surface area (Å²) in [5.74, 6) is 0.581. The van der Waals surface area contributed by atoms with Gasteiger partial charge in [0.05, 0.1) is 6.54 Å². The minimum atomic E-state index is -0.385. The Morgan fingerprint density at radius 3 is 2.68 bits per heavy atom. The van der Waals surface area contributed by atoms with E-state index in [1.54, 1.807) is 0 Å². The molecule has 0 bridgehead atoms. The minimum Gasteiger partial charge on any atom is -0.338 e. The van der Waals surface area contributed by atoms with Crippen molar-refractivity contribution in [2.24, 2.45) is 5.92 Å². The van der Waals surface area contributed by atoms with Gasteiger partial charge in [0.2, 0.25) is 5.91 Å². The molecule has 0 spiro atoms. The Balaban J connectivity index is 1.83. The molecule has 1 aliphatic heterocycles. The first-order valence-electron chi connectivity index (χ1n) is 7.52. The fraction of sp³-hybridized carbons (Fsp3) is 0.857. The molecule has 108 valence electrons. The van der Waals surface area contributed by atoms with E-state index in [1.165, 1.54) is 38.5 Å². The lowest BCUT2D eigenvalue weighted by Crippen LogP contribution is -2.52. The molecule has 2 fully saturated rings. The maximum Gasteiger partial charge on any atom is 0.321 e. The first-order valence-corrected chi connectivity index (χ1v) is 7.52. The van der Waals surface area contributed by atoms with Crippen molar-refractivity contribution in [3.63, 3.8) is 0 Å². The third kappa shape index (κ3) is 3.93. The molecule has 5 nitrogen and oxygen atoms in total. The number of nitrogens with zero attached hydrogens (tertiary/aromatic N) is 1. The van der Waals surface area contributed by atoms with Crippen LogP contribution >= 0.6 is 0 Å². The molecule has 19 heavy (non-hydrogen) atoms. The van der Waals surface area contributed by atoms with E-state index in [0.29, 0.717) is 19.1 Å². The van der Waals surface area contributed by atoms with Gasteiger partial charge in [0.1, 0.15) is 0 Å². The van der Waals surface area contributed by atoms with E-state index < -0.39 is 0 Å². The molecule has 1 heterocycles. The molecule has 0 aromatic carbocycles. The van der Waals surface area contributed by atoms with E-state index in [0.717, 1.165) is 12.5 Å². The summed E-state index contributed by atoms with van der Waals surface area (Å²) in [5.41, 5.74) is 0. The predicted octanol–water partition coefficient (Wildman–Crippen LogP) is 1.49. The van der Waals surface area contributed by atoms with Gasteiger partial charge in [-0.15, -0.1) is 0 Å². The highest BCUT2D eigenvalue weighted by molar-refractivity contribution is 5.95. The van der Waals surface area contributed by atoms with Crippen LogP contribution in [0.1, 0.15) is 45.4 Å². The van der Waals surface area contributed by atoms with Crippen molar-refractivity contribution >= 4 is 11.9 Å². The van der Waals surface area contributed by atoms with Crippen molar-refractivity contribution in [2.45, 2.75) is 51.5 Å². The average molecular weight is 267 g/mol. The normalized spacial score (nSPS) is 27.4. The lowest BCUT2D eigenvalue weighted by molar-refractivity contribution is -0.122. The molecule has 1 saturated carbocycles. The van der Waals surface area contributed by atoms with Gasteiger partial charge < -0.3 is 5.32 Å². The van der Waals surface area contributed by atoms with E-state index in [9.17, 15) is 9.59 Å². The van der Waals surface area contributed by atoms with Crippen molar-refractivity contribution in [3.05, 3.63) is 0 Å². The molecule has 0 aromatic heterocycles. The summed E-state index contributed by atoms with van der Waals surface area (Å²) in [7, 11) is 0. The first-order chi connectivity index (χ1) is 9.20. The van der Waals surface area contributed by atoms with Crippen LogP contribution in [0.2, 0.25) is 0 Å². The van der Waals surface area contributed by atoms with Gasteiger partial charge in [-0.05, 0) is 45.1 Å². The maximum absolute atomic E-state index is 11.9. The summed E-state index contributed by atoms with van der Waals surface area (Å²) in [4.78, 5) is 25.5. The van der Waals surface area contributed by atoms with Gasteiger partial charge in [-0.25, -0.2) is 4.79 Å². The van der Waals surface area contributed by atoms with Gasteiger partial charge in [-0.3, -0.25) is 15.0 Å². The Hall–Kier alpha value is -1.10. The molecule has 0 aromatic rings. The summed E-state index contributed by atoms with van der Waals surface area (Å²) in [6.07, 6.45) is 7.60. The molecule has 1 aliphatic carbocycles. The Bertz CT molecular complexity index is 331. The fourth-order valence-corrected chi connectivity index (χ4v) is 3.48. The van der Waals surface area contributed by atoms with E-state index >= 15 is 0 Å². The van der Waals surface area contributed by atoms with Crippen molar-refractivity contribution in [1.82, 2.24) is 15.5 Å². The zero-order valence-corrected chi connectivity index (χ0v) is 11.8. The zero-order valence-electron chi connectivity index (χ0n) is 11.8. The summed E-state index contributed by atoms with van der Waals surface area (Å²) in [6, 6.07) is 0.173. The quantitative estimate of drug-likeness (QED) is 0.814. The standard InChI is InChI=1S/C14H25N3O2/c1-2-15-14(19)16-13(18)10-17-9-5-7-11-6-3-4-8-12(11)17/h11-12H,2-10H2,1H3,(H2,15,16,18,19)/t11-,12-/m1/s1. The Morgan fingerprint density at radius 2 is 1.89 bits per heavy atom. The van der Waals surface area contributed by atoms with E-state index in [2.05, 4.69) is 15.5 Å². The van der Waals surface area contributed by atoms with Gasteiger partial charge in [-0.2, -0.15) is 0 Å². The molecule has 5 heteroatoms. The summed E-state index contributed by atoms with van der Waals surface area (Å²) < 4.78 is 0. The van der Waals surface area contributed by atoms with Crippen LogP contribution in [0.4, 0.5) is 4.79 Å². The third-order valence-corrected chi connectivity index (χ3v) is 4.30. The number of nitrogens with one attached hydrogen (secondary N) is 2. The smallest absolute Gasteiger partial charge is 0.321 e. The second kappa shape index (κ2) is 6.89. The van der Waals surface area contributed by atoms with Crippen LogP contribution < -0.4 is 10.6 Å². The molecular weight excluding hydrogens is 242 g/mol. The van der Waals surface area contributed by atoms with E-state index in [-0.39, 0.29) is 11.9 Å². The van der Waals surface area contributed by atoms with Crippen LogP contribution in [0.25, 0.3) is 0 Å². The number of amides is 3. The molecular formula is C14H25N3O2. The highest BCUT2D eigenvalue weighted by atomic mass is 16.2. The topological polar surface area (TPSA) is 61.4 Å². The zero-order chi connectivity index (χ0) is 13.7. The number of hydrogen-bond donors (Lipinski definition) is 2. The van der Waals surface area contributed by atoms with Crippen LogP contribution in [0.5, 0.6) is 0 Å². The Labute approximate surface area is 115 Å². The Kier molecular flexibility index (Phi) is 5.19. The minimum absolute atomic E-state index is 0.183. The number of hydrogen-bond acceptors (Lipinski definition) is 3. The number of rotatable bonds is 3. The Morgan fingerprint density at radius 1 is 1.16 bits per heavy atom. The van der Waals surface area contributed by atoms with Gasteiger partial charge in [0.25, 0.3) is 0 Å². The van der Waals surface area contributed by atoms with Gasteiger partial charge >= 0.3 is 6.03 Å². The number of likely N-dealkylation sites (tertiary alicyclic amines) is 1. The molecule has 0 radical (unpaired) electrons. The number of imide groups is 1. The molecule has 1 saturated heterocycles. The lowest BCUT2D eigenvalue weighted by Gasteiger charge is -2.43. The highest BCUT2D eigenvalue weighted by Gasteiger charge is 2.33. The molecule has 3 amide bonds. The summed E-state index contributed by atoms with van der Waals surface area (Å²) >= 11 is 0. The fourth-order valence-electron chi connectivity index (χ4n) is 3.48. The van der Waals surface area contributed by atoms with Crippen LogP contribution in [-0.4, -0.2) is 42.5 Å². The lowest BCUT2D eigenvalue weighted by atomic mass is 9.78. The van der Waals surface area contributed by atoms with Crippen molar-refractivity contribution in [3.8, 4) is 0 Å². The van der Waals surface area contributed by atoms with Gasteiger partial charge in [0, 0.05) is 12.6 Å². The number of fused-ring (bicyclic) bond motifs is 1. The molecule has 2 atom stereocenters. The van der Waals surface area contributed by atoms with Crippen LogP contribution in [-0.2, 0) is 4.79 Å². The number of carbonyl (C=O) groups is 2. The molecule has 0 unspecified atom stereocenters. The number of urea groups is 1.